The number of nitrogens with zero attached hydrogens (tertiary/aromatic N) is 7. The van der Waals surface area contributed by atoms with Crippen LogP contribution in [0.15, 0.2) is 48.8 Å². The third-order valence-electron chi connectivity index (χ3n) is 15.5. The van der Waals surface area contributed by atoms with Gasteiger partial charge in [-0.25, -0.2) is 4.79 Å². The van der Waals surface area contributed by atoms with Crippen LogP contribution in [0.1, 0.15) is 156 Å². The summed E-state index contributed by atoms with van der Waals surface area (Å²) < 4.78 is 46.1. The number of halogens is 3. The molecule has 0 spiro atoms. The molecule has 0 saturated carbocycles. The van der Waals surface area contributed by atoms with Gasteiger partial charge in [0.05, 0.1) is 29.2 Å². The van der Waals surface area contributed by atoms with Gasteiger partial charge in [-0.2, -0.15) is 23.4 Å². The van der Waals surface area contributed by atoms with Crippen LogP contribution in [-0.4, -0.2) is 108 Å². The van der Waals surface area contributed by atoms with E-state index in [0.717, 1.165) is 66.5 Å². The fraction of sp³-hybridized carbons (Fsp3) is 0.680. The number of fused-ring (bicyclic) bond motifs is 2. The number of piperidine rings is 4. The Kier molecular flexibility index (Phi) is 13.2. The van der Waals surface area contributed by atoms with Crippen molar-refractivity contribution >= 4 is 33.7 Å². The summed E-state index contributed by atoms with van der Waals surface area (Å²) in [5, 5.41) is 15.7. The number of hydrogen-bond acceptors (Lipinski definition) is 8. The summed E-state index contributed by atoms with van der Waals surface area (Å²) >= 11 is 0. The van der Waals surface area contributed by atoms with Crippen molar-refractivity contribution in [1.29, 1.82) is 0 Å². The normalized spacial score (nSPS) is 26.7. The number of alkyl halides is 3. The molecule has 11 nitrogen and oxygen atoms in total. The van der Waals surface area contributed by atoms with Crippen LogP contribution in [0.3, 0.4) is 0 Å². The molecule has 4 aliphatic rings. The summed E-state index contributed by atoms with van der Waals surface area (Å²) in [6.45, 7) is 22.3. The molecule has 1 N–H and O–H groups in total. The highest BCUT2D eigenvalue weighted by molar-refractivity contribution is 6.32. The van der Waals surface area contributed by atoms with E-state index >= 15 is 0 Å². The smallest absolute Gasteiger partial charge is 0.422 e. The number of nitrogens with one attached hydrogen (secondary N) is 1. The van der Waals surface area contributed by atoms with Gasteiger partial charge in [0, 0.05) is 57.9 Å². The predicted octanol–water partition coefficient (Wildman–Crippen LogP) is 10.2. The molecule has 352 valence electrons. The van der Waals surface area contributed by atoms with Crippen LogP contribution in [-0.2, 0) is 14.3 Å². The number of aromatic nitrogens is 4. The topological polar surface area (TPSA) is 101 Å². The third-order valence-corrected chi connectivity index (χ3v) is 15.5. The maximum absolute atomic E-state index is 12.8. The Hall–Kier alpha value is -4.01. The summed E-state index contributed by atoms with van der Waals surface area (Å²) in [5.41, 5.74) is 4.59. The minimum absolute atomic E-state index is 0.0100. The van der Waals surface area contributed by atoms with Crippen LogP contribution in [0.4, 0.5) is 13.2 Å². The van der Waals surface area contributed by atoms with Gasteiger partial charge in [0.25, 0.3) is 0 Å². The van der Waals surface area contributed by atoms with E-state index in [1.807, 2.05) is 36.0 Å². The van der Waals surface area contributed by atoms with Crippen LogP contribution in [0.5, 0.6) is 0 Å². The molecule has 0 unspecified atom stereocenters. The maximum Gasteiger partial charge on any atom is 0.422 e. The fourth-order valence-corrected chi connectivity index (χ4v) is 11.3. The van der Waals surface area contributed by atoms with E-state index in [1.54, 1.807) is 0 Å². The van der Waals surface area contributed by atoms with E-state index in [9.17, 15) is 22.8 Å². The number of ether oxygens (including phenoxy) is 1. The quantitative estimate of drug-likeness (QED) is 0.156. The van der Waals surface area contributed by atoms with Gasteiger partial charge in [0.15, 0.2) is 6.61 Å². The van der Waals surface area contributed by atoms with Crippen LogP contribution < -0.4 is 5.32 Å². The van der Waals surface area contributed by atoms with Crippen LogP contribution in [0.2, 0.25) is 0 Å². The minimum atomic E-state index is -4.69. The molecule has 8 rings (SSSR count). The first-order valence-electron chi connectivity index (χ1n) is 23.5. The minimum Gasteiger partial charge on any atom is -0.449 e. The number of benzene rings is 2. The van der Waals surface area contributed by atoms with Crippen molar-refractivity contribution in [3.63, 3.8) is 0 Å². The molecule has 4 aromatic rings. The van der Waals surface area contributed by atoms with Gasteiger partial charge in [-0.15, -0.1) is 0 Å². The summed E-state index contributed by atoms with van der Waals surface area (Å²) in [4.78, 5) is 31.3. The molecule has 0 aliphatic carbocycles. The molecule has 14 heteroatoms. The van der Waals surface area contributed by atoms with Crippen LogP contribution >= 0.6 is 0 Å². The van der Waals surface area contributed by atoms with Gasteiger partial charge in [-0.3, -0.25) is 24.0 Å². The number of hydrogen-bond donors (Lipinski definition) is 1. The molecule has 4 saturated heterocycles. The van der Waals surface area contributed by atoms with E-state index < -0.39 is 30.7 Å². The molecule has 2 aromatic heterocycles. The first-order chi connectivity index (χ1) is 29.7. The summed E-state index contributed by atoms with van der Waals surface area (Å²) in [7, 11) is 4.43. The highest BCUT2D eigenvalue weighted by Crippen LogP contribution is 2.44. The van der Waals surface area contributed by atoms with Crippen molar-refractivity contribution < 1.29 is 27.5 Å². The molecule has 4 aliphatic heterocycles. The van der Waals surface area contributed by atoms with E-state index in [1.165, 1.54) is 28.7 Å². The van der Waals surface area contributed by atoms with Crippen molar-refractivity contribution in [2.75, 3.05) is 33.8 Å². The molecule has 4 atom stereocenters. The van der Waals surface area contributed by atoms with Gasteiger partial charge in [0.2, 0.25) is 0 Å². The van der Waals surface area contributed by atoms with Crippen LogP contribution in [0.25, 0.3) is 21.8 Å². The highest BCUT2D eigenvalue weighted by atomic mass is 19.4. The lowest BCUT2D eigenvalue weighted by Gasteiger charge is -2.53. The highest BCUT2D eigenvalue weighted by Gasteiger charge is 2.45. The van der Waals surface area contributed by atoms with Gasteiger partial charge < -0.3 is 15.0 Å². The predicted molar refractivity (Wildman–Crippen MR) is 247 cm³/mol. The number of likely N-dealkylation sites (tertiary alicyclic amines) is 3. The van der Waals surface area contributed by atoms with Crippen molar-refractivity contribution in [3.8, 4) is 0 Å². The number of esters is 1. The van der Waals surface area contributed by atoms with E-state index in [0.29, 0.717) is 18.5 Å². The second-order valence-corrected chi connectivity index (χ2v) is 22.3. The van der Waals surface area contributed by atoms with Gasteiger partial charge in [-0.05, 0) is 175 Å². The van der Waals surface area contributed by atoms with Crippen molar-refractivity contribution in [2.45, 2.75) is 173 Å². The van der Waals surface area contributed by atoms with E-state index in [2.05, 4.69) is 125 Å². The Bertz CT molecular complexity index is 2270. The average molecular weight is 891 g/mol. The summed E-state index contributed by atoms with van der Waals surface area (Å²) in [5.74, 6) is -1.59. The molecule has 1 amide bonds. The largest absolute Gasteiger partial charge is 0.449 e. The number of carbonyl (C=O) groups is 2. The Morgan fingerprint density at radius 2 is 1.17 bits per heavy atom. The zero-order valence-corrected chi connectivity index (χ0v) is 40.4. The van der Waals surface area contributed by atoms with Crippen molar-refractivity contribution in [2.24, 2.45) is 11.8 Å². The van der Waals surface area contributed by atoms with Gasteiger partial charge >= 0.3 is 18.1 Å². The molecular formula is C50H73F3N8O3. The molecule has 6 heterocycles. The third kappa shape index (κ3) is 10.3. The van der Waals surface area contributed by atoms with E-state index in [-0.39, 0.29) is 40.7 Å². The zero-order chi connectivity index (χ0) is 46.7. The lowest BCUT2D eigenvalue weighted by atomic mass is 9.77. The SMILES string of the molecule is C[C@H]1CC[C@H](c2ccc3nn(C4CC(C)(C)N(C)C(C)(C)C4)cc3c2)N(C(=O)C(=O)OCC(F)(F)F)C1.C[C@H]1CC[C@H](c2ccc3nn(C4CC(C)(C)N(C)C(C)(C)C4)cc3c2)NC1. The van der Waals surface area contributed by atoms with E-state index in [4.69, 9.17) is 10.2 Å². The zero-order valence-electron chi connectivity index (χ0n) is 40.4. The van der Waals surface area contributed by atoms with Crippen LogP contribution in [0, 0.1) is 11.8 Å². The molecule has 4 fully saturated rings. The lowest BCUT2D eigenvalue weighted by molar-refractivity contribution is -0.190. The van der Waals surface area contributed by atoms with Gasteiger partial charge in [-0.1, -0.05) is 26.0 Å². The molecule has 0 bridgehead atoms. The monoisotopic (exact) mass is 891 g/mol. The Morgan fingerprint density at radius 3 is 1.64 bits per heavy atom. The molecule has 2 aromatic carbocycles. The molecular weight excluding hydrogens is 818 g/mol. The number of carbonyl (C=O) groups excluding carboxylic acids is 2. The summed E-state index contributed by atoms with van der Waals surface area (Å²) in [6, 6.07) is 13.4. The average Bonchev–Trinajstić information content (AvgIpc) is 3.85. The maximum atomic E-state index is 12.8. The fourth-order valence-electron chi connectivity index (χ4n) is 11.3. The molecule has 0 radical (unpaired) electrons. The standard InChI is InChI=1S/C27H37F3N4O3.C23H36N4/c1-17-7-10-22(33(14-17)23(35)24(36)37-16-27(28,29)30)18-8-9-21-19(11-18)15-34(31-21)20-12-25(2,3)32(6)26(4,5)13-20;1-16-7-9-20(24-14-16)17-8-10-21-18(11-17)15-27(25-21)19-12-22(2,3)26(6)23(4,5)13-19/h8-9,11,15,17,20,22H,7,10,12-14,16H2,1-6H3;8,10-11,15-16,19-20,24H,7,9,12-14H2,1-6H3/t17-,22+;16-,20+/m00/s1. The Morgan fingerprint density at radius 1 is 0.703 bits per heavy atom. The second-order valence-electron chi connectivity index (χ2n) is 22.3. The van der Waals surface area contributed by atoms with Gasteiger partial charge in [0.1, 0.15) is 0 Å². The second kappa shape index (κ2) is 17.7. The lowest BCUT2D eigenvalue weighted by Crippen LogP contribution is -2.58. The number of amides is 1. The summed E-state index contributed by atoms with van der Waals surface area (Å²) in [6.07, 6.45) is 7.81. The van der Waals surface area contributed by atoms with Crippen molar-refractivity contribution in [1.82, 2.24) is 39.6 Å². The molecule has 64 heavy (non-hydrogen) atoms. The first kappa shape index (κ1) is 47.9. The first-order valence-corrected chi connectivity index (χ1v) is 23.5. The Labute approximate surface area is 378 Å². The van der Waals surface area contributed by atoms with Crippen molar-refractivity contribution in [3.05, 3.63) is 59.9 Å². The number of rotatable bonds is 5. The Balaban J connectivity index is 0.000000201.